The molecule has 2 fully saturated rings. The van der Waals surface area contributed by atoms with E-state index in [1.807, 2.05) is 6.07 Å². The molecule has 0 spiro atoms. The third kappa shape index (κ3) is 2.75. The molecule has 4 nitrogen and oxygen atoms in total. The maximum absolute atomic E-state index is 11.9. The van der Waals surface area contributed by atoms with E-state index < -0.39 is 10.0 Å². The Morgan fingerprint density at radius 1 is 1.05 bits per heavy atom. The largest absolute Gasteiger partial charge is 0.298 e. The molecule has 0 aliphatic carbocycles. The fraction of sp³-hybridized carbons (Fsp3) is 0.600. The van der Waals surface area contributed by atoms with Crippen molar-refractivity contribution in [3.63, 3.8) is 0 Å². The Hall–Kier alpha value is -0.910. The number of hydrogen-bond donors (Lipinski definition) is 0. The Morgan fingerprint density at radius 2 is 1.65 bits per heavy atom. The summed E-state index contributed by atoms with van der Waals surface area (Å²) >= 11 is 0. The van der Waals surface area contributed by atoms with Crippen LogP contribution in [0.15, 0.2) is 30.3 Å². The van der Waals surface area contributed by atoms with Crippen LogP contribution in [-0.4, -0.2) is 49.6 Å². The molecule has 1 aromatic rings. The summed E-state index contributed by atoms with van der Waals surface area (Å²) in [6.45, 7) is 6.18. The van der Waals surface area contributed by atoms with Crippen molar-refractivity contribution in [1.82, 2.24) is 9.21 Å². The molecule has 2 unspecified atom stereocenters. The van der Waals surface area contributed by atoms with Crippen molar-refractivity contribution in [3.8, 4) is 0 Å². The Kier molecular flexibility index (Phi) is 3.84. The molecule has 3 rings (SSSR count). The summed E-state index contributed by atoms with van der Waals surface area (Å²) in [7, 11) is -3.00. The van der Waals surface area contributed by atoms with Gasteiger partial charge in [0.25, 0.3) is 0 Å². The van der Waals surface area contributed by atoms with Crippen LogP contribution < -0.4 is 0 Å². The zero-order valence-electron chi connectivity index (χ0n) is 11.9. The average Bonchev–Trinajstić information content (AvgIpc) is 2.98. The van der Waals surface area contributed by atoms with E-state index >= 15 is 0 Å². The lowest BCUT2D eigenvalue weighted by atomic mass is 10.0. The van der Waals surface area contributed by atoms with Crippen molar-refractivity contribution in [2.24, 2.45) is 11.8 Å². The first-order chi connectivity index (χ1) is 9.58. The van der Waals surface area contributed by atoms with E-state index in [0.29, 0.717) is 24.9 Å². The molecule has 1 aromatic carbocycles. The van der Waals surface area contributed by atoms with E-state index in [0.717, 1.165) is 19.6 Å². The normalized spacial score (nSPS) is 27.9. The minimum absolute atomic E-state index is 0.222. The molecule has 2 aliphatic rings. The lowest BCUT2D eigenvalue weighted by Crippen LogP contribution is -2.34. The Morgan fingerprint density at radius 3 is 2.20 bits per heavy atom. The molecule has 2 atom stereocenters. The topological polar surface area (TPSA) is 40.6 Å². The van der Waals surface area contributed by atoms with Crippen LogP contribution in [0.3, 0.4) is 0 Å². The third-order valence-corrected chi connectivity index (χ3v) is 6.35. The maximum atomic E-state index is 11.9. The van der Waals surface area contributed by atoms with E-state index in [-0.39, 0.29) is 5.75 Å². The molecule has 0 aromatic heterocycles. The van der Waals surface area contributed by atoms with Crippen molar-refractivity contribution < 1.29 is 8.42 Å². The zero-order chi connectivity index (χ0) is 14.2. The number of rotatable bonds is 4. The van der Waals surface area contributed by atoms with Gasteiger partial charge in [-0.05, 0) is 24.3 Å². The molecule has 0 N–H and O–H groups in total. The van der Waals surface area contributed by atoms with E-state index in [2.05, 4.69) is 29.2 Å². The van der Waals surface area contributed by atoms with Gasteiger partial charge in [-0.1, -0.05) is 30.3 Å². The fourth-order valence-corrected chi connectivity index (χ4v) is 4.63. The average molecular weight is 294 g/mol. The van der Waals surface area contributed by atoms with E-state index in [4.69, 9.17) is 0 Å². The van der Waals surface area contributed by atoms with Crippen molar-refractivity contribution in [2.45, 2.75) is 13.5 Å². The number of nitrogens with zero attached hydrogens (tertiary/aromatic N) is 2. The minimum atomic E-state index is -3.00. The molecule has 2 saturated heterocycles. The number of likely N-dealkylation sites (tertiary alicyclic amines) is 1. The Balaban J connectivity index is 1.59. The van der Waals surface area contributed by atoms with Crippen molar-refractivity contribution in [2.75, 3.05) is 31.9 Å². The molecule has 110 valence electrons. The molecule has 2 aliphatic heterocycles. The van der Waals surface area contributed by atoms with Gasteiger partial charge in [0.1, 0.15) is 0 Å². The first kappa shape index (κ1) is 14.0. The second kappa shape index (κ2) is 5.47. The quantitative estimate of drug-likeness (QED) is 0.843. The highest BCUT2D eigenvalue weighted by Gasteiger charge is 2.43. The molecular weight excluding hydrogens is 272 g/mol. The molecule has 0 radical (unpaired) electrons. The van der Waals surface area contributed by atoms with Crippen molar-refractivity contribution in [3.05, 3.63) is 35.9 Å². The van der Waals surface area contributed by atoms with E-state index in [1.165, 1.54) is 5.56 Å². The molecular formula is C15H22N2O2S. The first-order valence-electron chi connectivity index (χ1n) is 7.32. The summed E-state index contributed by atoms with van der Waals surface area (Å²) in [5, 5.41) is 0. The standard InChI is InChI=1S/C15H22N2O2S/c1-2-20(18,19)17-11-14-9-16(10-15(14)12-17)8-13-6-4-3-5-7-13/h3-7,14-15H,2,8-12H2,1H3. The second-order valence-corrected chi connectivity index (χ2v) is 8.17. The van der Waals surface area contributed by atoms with Crippen LogP contribution in [0.5, 0.6) is 0 Å². The second-order valence-electron chi connectivity index (χ2n) is 5.92. The zero-order valence-corrected chi connectivity index (χ0v) is 12.7. The lowest BCUT2D eigenvalue weighted by Gasteiger charge is -2.20. The van der Waals surface area contributed by atoms with E-state index in [1.54, 1.807) is 11.2 Å². The predicted octanol–water partition coefficient (Wildman–Crippen LogP) is 1.40. The van der Waals surface area contributed by atoms with Gasteiger partial charge in [-0.25, -0.2) is 12.7 Å². The smallest absolute Gasteiger partial charge is 0.213 e. The highest BCUT2D eigenvalue weighted by Crippen LogP contribution is 2.33. The van der Waals surface area contributed by atoms with Crippen molar-refractivity contribution >= 4 is 10.0 Å². The maximum Gasteiger partial charge on any atom is 0.213 e. The summed E-state index contributed by atoms with van der Waals surface area (Å²) in [4.78, 5) is 2.46. The summed E-state index contributed by atoms with van der Waals surface area (Å²) in [5.74, 6) is 1.25. The summed E-state index contributed by atoms with van der Waals surface area (Å²) in [5.41, 5.74) is 1.34. The minimum Gasteiger partial charge on any atom is -0.298 e. The van der Waals surface area contributed by atoms with E-state index in [9.17, 15) is 8.42 Å². The van der Waals surface area contributed by atoms with Crippen LogP contribution in [-0.2, 0) is 16.6 Å². The number of benzene rings is 1. The highest BCUT2D eigenvalue weighted by atomic mass is 32.2. The molecule has 0 bridgehead atoms. The number of sulfonamides is 1. The van der Waals surface area contributed by atoms with Gasteiger partial charge >= 0.3 is 0 Å². The van der Waals surface area contributed by atoms with Crippen LogP contribution in [0, 0.1) is 11.8 Å². The third-order valence-electron chi connectivity index (χ3n) is 4.54. The van der Waals surface area contributed by atoms with Crippen LogP contribution in [0.2, 0.25) is 0 Å². The summed E-state index contributed by atoms with van der Waals surface area (Å²) in [6, 6.07) is 10.5. The van der Waals surface area contributed by atoms with Crippen LogP contribution >= 0.6 is 0 Å². The van der Waals surface area contributed by atoms with Gasteiger partial charge in [0.05, 0.1) is 5.75 Å². The van der Waals surface area contributed by atoms with Crippen molar-refractivity contribution in [1.29, 1.82) is 0 Å². The van der Waals surface area contributed by atoms with Gasteiger partial charge in [-0.3, -0.25) is 4.90 Å². The van der Waals surface area contributed by atoms with Crippen LogP contribution in [0.4, 0.5) is 0 Å². The van der Waals surface area contributed by atoms with Gasteiger partial charge in [-0.15, -0.1) is 0 Å². The monoisotopic (exact) mass is 294 g/mol. The fourth-order valence-electron chi connectivity index (χ4n) is 3.43. The Labute approximate surface area is 121 Å². The Bertz CT molecular complexity index is 544. The molecule has 5 heteroatoms. The summed E-state index contributed by atoms with van der Waals surface area (Å²) < 4.78 is 25.5. The van der Waals surface area contributed by atoms with Gasteiger partial charge in [0.15, 0.2) is 0 Å². The van der Waals surface area contributed by atoms with Crippen LogP contribution in [0.25, 0.3) is 0 Å². The first-order valence-corrected chi connectivity index (χ1v) is 8.93. The van der Waals surface area contributed by atoms with Gasteiger partial charge < -0.3 is 0 Å². The molecule has 0 saturated carbocycles. The van der Waals surface area contributed by atoms with Gasteiger partial charge in [0.2, 0.25) is 10.0 Å². The predicted molar refractivity (Wildman–Crippen MR) is 79.7 cm³/mol. The van der Waals surface area contributed by atoms with Gasteiger partial charge in [0, 0.05) is 32.7 Å². The molecule has 2 heterocycles. The SMILES string of the molecule is CCS(=O)(=O)N1CC2CN(Cc3ccccc3)CC2C1. The lowest BCUT2D eigenvalue weighted by molar-refractivity contribution is 0.290. The number of hydrogen-bond acceptors (Lipinski definition) is 3. The van der Waals surface area contributed by atoms with Gasteiger partial charge in [-0.2, -0.15) is 0 Å². The molecule has 0 amide bonds. The molecule has 20 heavy (non-hydrogen) atoms. The highest BCUT2D eigenvalue weighted by molar-refractivity contribution is 7.89. The number of fused-ring (bicyclic) bond motifs is 1. The van der Waals surface area contributed by atoms with Crippen LogP contribution in [0.1, 0.15) is 12.5 Å². The summed E-state index contributed by atoms with van der Waals surface area (Å²) in [6.07, 6.45) is 0.